The highest BCUT2D eigenvalue weighted by Crippen LogP contribution is 2.39. The van der Waals surface area contributed by atoms with E-state index in [-0.39, 0.29) is 18.4 Å². The molecule has 2 aromatic rings. The van der Waals surface area contributed by atoms with Gasteiger partial charge in [0.05, 0.1) is 21.3 Å². The Morgan fingerprint density at radius 1 is 1.06 bits per heavy atom. The SMILES string of the molecule is COc1ccc(OC)c(C2CCCN2CC(O)COc2ccc(C(C)=O)cc2OC)c1. The lowest BCUT2D eigenvalue weighted by molar-refractivity contribution is 0.0625. The number of likely N-dealkylation sites (tertiary alicyclic amines) is 1. The minimum atomic E-state index is -0.686. The molecule has 3 rings (SSSR count). The van der Waals surface area contributed by atoms with Crippen LogP contribution in [0.15, 0.2) is 36.4 Å². The van der Waals surface area contributed by atoms with E-state index in [2.05, 4.69) is 4.90 Å². The van der Waals surface area contributed by atoms with Crippen molar-refractivity contribution in [2.75, 3.05) is 41.0 Å². The first kappa shape index (κ1) is 22.9. The molecule has 7 heteroatoms. The van der Waals surface area contributed by atoms with Crippen LogP contribution in [-0.2, 0) is 0 Å². The van der Waals surface area contributed by atoms with E-state index >= 15 is 0 Å². The molecule has 0 spiro atoms. The molecule has 2 aromatic carbocycles. The Morgan fingerprint density at radius 3 is 2.48 bits per heavy atom. The van der Waals surface area contributed by atoms with Gasteiger partial charge in [0.2, 0.25) is 0 Å². The molecule has 168 valence electrons. The molecular formula is C24H31NO6. The van der Waals surface area contributed by atoms with E-state index in [0.717, 1.165) is 36.4 Å². The summed E-state index contributed by atoms with van der Waals surface area (Å²) in [6, 6.07) is 11.0. The van der Waals surface area contributed by atoms with Crippen molar-refractivity contribution in [1.82, 2.24) is 4.90 Å². The van der Waals surface area contributed by atoms with Crippen molar-refractivity contribution in [3.8, 4) is 23.0 Å². The van der Waals surface area contributed by atoms with Gasteiger partial charge < -0.3 is 24.1 Å². The van der Waals surface area contributed by atoms with Gasteiger partial charge >= 0.3 is 0 Å². The Morgan fingerprint density at radius 2 is 1.81 bits per heavy atom. The van der Waals surface area contributed by atoms with E-state index in [1.165, 1.54) is 14.0 Å². The molecule has 1 N–H and O–H groups in total. The summed E-state index contributed by atoms with van der Waals surface area (Å²) < 4.78 is 22.1. The van der Waals surface area contributed by atoms with Crippen molar-refractivity contribution in [2.24, 2.45) is 0 Å². The summed E-state index contributed by atoms with van der Waals surface area (Å²) in [7, 11) is 4.84. The van der Waals surface area contributed by atoms with Crippen LogP contribution in [0.1, 0.15) is 41.7 Å². The molecule has 31 heavy (non-hydrogen) atoms. The van der Waals surface area contributed by atoms with Gasteiger partial charge in [-0.3, -0.25) is 9.69 Å². The number of ketones is 1. The minimum Gasteiger partial charge on any atom is -0.497 e. The summed E-state index contributed by atoms with van der Waals surface area (Å²) in [4.78, 5) is 13.8. The summed E-state index contributed by atoms with van der Waals surface area (Å²) in [6.45, 7) is 2.98. The highest BCUT2D eigenvalue weighted by molar-refractivity contribution is 5.94. The van der Waals surface area contributed by atoms with Crippen LogP contribution in [0.3, 0.4) is 0 Å². The summed E-state index contributed by atoms with van der Waals surface area (Å²) in [5.74, 6) is 2.53. The molecule has 0 aromatic heterocycles. The Bertz CT molecular complexity index is 900. The highest BCUT2D eigenvalue weighted by Gasteiger charge is 2.30. The van der Waals surface area contributed by atoms with Crippen LogP contribution in [0.5, 0.6) is 23.0 Å². The predicted octanol–water partition coefficient (Wildman–Crippen LogP) is 3.49. The van der Waals surface area contributed by atoms with Gasteiger partial charge in [-0.05, 0) is 62.7 Å². The highest BCUT2D eigenvalue weighted by atomic mass is 16.5. The van der Waals surface area contributed by atoms with Crippen LogP contribution < -0.4 is 18.9 Å². The Balaban J connectivity index is 1.65. The molecule has 2 unspecified atom stereocenters. The molecule has 0 amide bonds. The molecule has 2 atom stereocenters. The van der Waals surface area contributed by atoms with Crippen molar-refractivity contribution in [3.63, 3.8) is 0 Å². The summed E-state index contributed by atoms with van der Waals surface area (Å²) >= 11 is 0. The maximum Gasteiger partial charge on any atom is 0.161 e. The molecule has 1 aliphatic heterocycles. The van der Waals surface area contributed by atoms with Gasteiger partial charge in [0, 0.05) is 23.7 Å². The number of hydrogen-bond acceptors (Lipinski definition) is 7. The monoisotopic (exact) mass is 429 g/mol. The first-order chi connectivity index (χ1) is 15.0. The number of Topliss-reactive ketones (excluding diaryl/α,β-unsaturated/α-hetero) is 1. The number of carbonyl (C=O) groups excluding carboxylic acids is 1. The zero-order valence-electron chi connectivity index (χ0n) is 18.6. The number of ether oxygens (including phenoxy) is 4. The van der Waals surface area contributed by atoms with Crippen LogP contribution >= 0.6 is 0 Å². The average Bonchev–Trinajstić information content (AvgIpc) is 3.24. The number of carbonyl (C=O) groups is 1. The van der Waals surface area contributed by atoms with Crippen LogP contribution in [0.25, 0.3) is 0 Å². The van der Waals surface area contributed by atoms with E-state index in [4.69, 9.17) is 18.9 Å². The van der Waals surface area contributed by atoms with E-state index in [1.807, 2.05) is 18.2 Å². The summed E-state index contributed by atoms with van der Waals surface area (Å²) in [5.41, 5.74) is 1.62. The number of methoxy groups -OCH3 is 3. The summed E-state index contributed by atoms with van der Waals surface area (Å²) in [5, 5.41) is 10.7. The van der Waals surface area contributed by atoms with Gasteiger partial charge in [-0.2, -0.15) is 0 Å². The third-order valence-corrected chi connectivity index (χ3v) is 5.61. The van der Waals surface area contributed by atoms with Crippen molar-refractivity contribution in [3.05, 3.63) is 47.5 Å². The molecule has 7 nitrogen and oxygen atoms in total. The number of hydrogen-bond donors (Lipinski definition) is 1. The van der Waals surface area contributed by atoms with Crippen molar-refractivity contribution >= 4 is 5.78 Å². The van der Waals surface area contributed by atoms with Crippen LogP contribution in [-0.4, -0.2) is 62.9 Å². The Labute approximate surface area is 183 Å². The molecule has 0 aliphatic carbocycles. The third kappa shape index (κ3) is 5.48. The second-order valence-corrected chi connectivity index (χ2v) is 7.65. The largest absolute Gasteiger partial charge is 0.497 e. The Kier molecular flexibility index (Phi) is 7.76. The quantitative estimate of drug-likeness (QED) is 0.579. The fraction of sp³-hybridized carbons (Fsp3) is 0.458. The fourth-order valence-corrected chi connectivity index (χ4v) is 4.01. The molecule has 0 bridgehead atoms. The van der Waals surface area contributed by atoms with Crippen LogP contribution in [0.2, 0.25) is 0 Å². The number of aliphatic hydroxyl groups is 1. The second kappa shape index (κ2) is 10.5. The first-order valence-corrected chi connectivity index (χ1v) is 10.4. The van der Waals surface area contributed by atoms with E-state index in [9.17, 15) is 9.90 Å². The summed E-state index contributed by atoms with van der Waals surface area (Å²) in [6.07, 6.45) is 1.34. The average molecular weight is 430 g/mol. The Hall–Kier alpha value is -2.77. The standard InChI is InChI=1S/C24H31NO6/c1-16(26)17-7-9-23(24(12-17)30-4)31-15-18(27)14-25-11-5-6-21(25)20-13-19(28-2)8-10-22(20)29-3/h7-10,12-13,18,21,27H,5-6,11,14-15H2,1-4H3. The number of benzene rings is 2. The number of rotatable bonds is 10. The topological polar surface area (TPSA) is 77.5 Å². The van der Waals surface area contributed by atoms with E-state index in [1.54, 1.807) is 32.4 Å². The van der Waals surface area contributed by atoms with Crippen molar-refractivity contribution in [1.29, 1.82) is 0 Å². The van der Waals surface area contributed by atoms with Crippen LogP contribution in [0, 0.1) is 0 Å². The fourth-order valence-electron chi connectivity index (χ4n) is 4.01. The normalized spacial score (nSPS) is 17.3. The smallest absolute Gasteiger partial charge is 0.161 e. The van der Waals surface area contributed by atoms with Crippen LogP contribution in [0.4, 0.5) is 0 Å². The second-order valence-electron chi connectivity index (χ2n) is 7.65. The molecule has 0 saturated carbocycles. The lowest BCUT2D eigenvalue weighted by Gasteiger charge is -2.28. The first-order valence-electron chi connectivity index (χ1n) is 10.4. The minimum absolute atomic E-state index is 0.0436. The number of β-amino-alcohol motifs (C(OH)–C–C–N with tert-alkyl or cyclic N) is 1. The zero-order valence-corrected chi connectivity index (χ0v) is 18.6. The number of aliphatic hydroxyl groups excluding tert-OH is 1. The van der Waals surface area contributed by atoms with Gasteiger partial charge in [0.15, 0.2) is 17.3 Å². The number of nitrogens with zero attached hydrogens (tertiary/aromatic N) is 1. The maximum absolute atomic E-state index is 11.6. The van der Waals surface area contributed by atoms with Gasteiger partial charge in [-0.1, -0.05) is 0 Å². The van der Waals surface area contributed by atoms with Crippen molar-refractivity contribution < 1.29 is 28.8 Å². The zero-order chi connectivity index (χ0) is 22.4. The molecule has 1 aliphatic rings. The lowest BCUT2D eigenvalue weighted by Crippen LogP contribution is -2.35. The molecule has 1 fully saturated rings. The van der Waals surface area contributed by atoms with Crippen molar-refractivity contribution in [2.45, 2.75) is 31.9 Å². The van der Waals surface area contributed by atoms with Gasteiger partial charge in [-0.15, -0.1) is 0 Å². The van der Waals surface area contributed by atoms with E-state index < -0.39 is 6.10 Å². The maximum atomic E-state index is 11.6. The predicted molar refractivity (Wildman–Crippen MR) is 118 cm³/mol. The molecule has 1 saturated heterocycles. The van der Waals surface area contributed by atoms with Gasteiger partial charge in [-0.25, -0.2) is 0 Å². The van der Waals surface area contributed by atoms with Gasteiger partial charge in [0.25, 0.3) is 0 Å². The lowest BCUT2D eigenvalue weighted by atomic mass is 10.0. The van der Waals surface area contributed by atoms with Gasteiger partial charge in [0.1, 0.15) is 24.2 Å². The molecular weight excluding hydrogens is 398 g/mol. The molecule has 0 radical (unpaired) electrons. The molecule has 1 heterocycles. The third-order valence-electron chi connectivity index (χ3n) is 5.61. The van der Waals surface area contributed by atoms with E-state index in [0.29, 0.717) is 23.6 Å².